The van der Waals surface area contributed by atoms with E-state index in [0.717, 1.165) is 28.7 Å². The Morgan fingerprint density at radius 1 is 1.47 bits per heavy atom. The molecule has 0 aromatic heterocycles. The van der Waals surface area contributed by atoms with Crippen molar-refractivity contribution in [3.8, 4) is 0 Å². The van der Waals surface area contributed by atoms with Crippen LogP contribution in [0.15, 0.2) is 22.7 Å². The minimum Gasteiger partial charge on any atom is -0.330 e. The molecule has 1 atom stereocenters. The van der Waals surface area contributed by atoms with E-state index in [1.807, 2.05) is 37.1 Å². The average molecular weight is 326 g/mol. The van der Waals surface area contributed by atoms with Gasteiger partial charge in [-0.25, -0.2) is 0 Å². The van der Waals surface area contributed by atoms with Gasteiger partial charge in [0.2, 0.25) is 5.91 Å². The normalized spacial score (nSPS) is 20.9. The molecular weight excluding hydrogens is 306 g/mol. The van der Waals surface area contributed by atoms with Gasteiger partial charge in [-0.2, -0.15) is 0 Å². The molecule has 1 fully saturated rings. The van der Waals surface area contributed by atoms with Crippen molar-refractivity contribution in [3.05, 3.63) is 28.2 Å². The first-order valence-electron chi connectivity index (χ1n) is 6.49. The number of nitrogens with zero attached hydrogens (tertiary/aromatic N) is 2. The first-order chi connectivity index (χ1) is 9.02. The fourth-order valence-electron chi connectivity index (χ4n) is 2.54. The second kappa shape index (κ2) is 6.03. The zero-order valence-electron chi connectivity index (χ0n) is 11.4. The SMILES string of the molecule is Cc1cc(Br)ccc1N1CC(CCN)N(C)CC1=O. The first-order valence-corrected chi connectivity index (χ1v) is 7.29. The van der Waals surface area contributed by atoms with Gasteiger partial charge in [-0.1, -0.05) is 15.9 Å². The molecule has 1 aromatic rings. The molecule has 2 rings (SSSR count). The number of nitrogens with two attached hydrogens (primary N) is 1. The summed E-state index contributed by atoms with van der Waals surface area (Å²) >= 11 is 3.45. The van der Waals surface area contributed by atoms with Gasteiger partial charge in [0.15, 0.2) is 0 Å². The summed E-state index contributed by atoms with van der Waals surface area (Å²) in [5.74, 6) is 0.154. The third kappa shape index (κ3) is 3.16. The minimum absolute atomic E-state index is 0.154. The molecule has 1 aliphatic rings. The number of carbonyl (C=O) groups excluding carboxylic acids is 1. The highest BCUT2D eigenvalue weighted by atomic mass is 79.9. The second-order valence-corrected chi connectivity index (χ2v) is 6.00. The number of hydrogen-bond acceptors (Lipinski definition) is 3. The topological polar surface area (TPSA) is 49.6 Å². The monoisotopic (exact) mass is 325 g/mol. The fourth-order valence-corrected chi connectivity index (χ4v) is 3.01. The highest BCUT2D eigenvalue weighted by Gasteiger charge is 2.30. The standard InChI is InChI=1S/C14H20BrN3O/c1-10-7-11(15)3-4-13(10)18-8-12(5-6-16)17(2)9-14(18)19/h3-4,7,12H,5-6,8-9,16H2,1-2H3. The third-order valence-electron chi connectivity index (χ3n) is 3.65. The van der Waals surface area contributed by atoms with Crippen LogP contribution in [-0.2, 0) is 4.79 Å². The summed E-state index contributed by atoms with van der Waals surface area (Å²) in [5, 5.41) is 0. The van der Waals surface area contributed by atoms with E-state index in [2.05, 4.69) is 20.8 Å². The lowest BCUT2D eigenvalue weighted by molar-refractivity contribution is -0.122. The molecular formula is C14H20BrN3O. The Bertz CT molecular complexity index is 478. The van der Waals surface area contributed by atoms with Crippen LogP contribution in [0.3, 0.4) is 0 Å². The lowest BCUT2D eigenvalue weighted by atomic mass is 10.1. The van der Waals surface area contributed by atoms with E-state index in [0.29, 0.717) is 19.1 Å². The Morgan fingerprint density at radius 3 is 2.84 bits per heavy atom. The zero-order valence-corrected chi connectivity index (χ0v) is 13.0. The molecule has 1 aliphatic heterocycles. The molecule has 1 unspecified atom stereocenters. The van der Waals surface area contributed by atoms with Crippen LogP contribution in [0.5, 0.6) is 0 Å². The number of amides is 1. The van der Waals surface area contributed by atoms with Crippen molar-refractivity contribution < 1.29 is 4.79 Å². The zero-order chi connectivity index (χ0) is 14.0. The number of anilines is 1. The fraction of sp³-hybridized carbons (Fsp3) is 0.500. The maximum atomic E-state index is 12.2. The predicted molar refractivity (Wildman–Crippen MR) is 81.3 cm³/mol. The van der Waals surface area contributed by atoms with Crippen LogP contribution in [0, 0.1) is 6.92 Å². The van der Waals surface area contributed by atoms with E-state index in [-0.39, 0.29) is 5.91 Å². The molecule has 0 radical (unpaired) electrons. The van der Waals surface area contributed by atoms with Crippen LogP contribution < -0.4 is 10.6 Å². The molecule has 1 heterocycles. The third-order valence-corrected chi connectivity index (χ3v) is 4.15. The Balaban J connectivity index is 2.25. The molecule has 104 valence electrons. The molecule has 19 heavy (non-hydrogen) atoms. The van der Waals surface area contributed by atoms with Gasteiger partial charge in [0.05, 0.1) is 6.54 Å². The van der Waals surface area contributed by atoms with Gasteiger partial charge in [0.25, 0.3) is 0 Å². The molecule has 0 spiro atoms. The summed E-state index contributed by atoms with van der Waals surface area (Å²) in [6.45, 7) is 3.86. The maximum Gasteiger partial charge on any atom is 0.241 e. The van der Waals surface area contributed by atoms with E-state index in [1.165, 1.54) is 0 Å². The second-order valence-electron chi connectivity index (χ2n) is 5.08. The van der Waals surface area contributed by atoms with Crippen molar-refractivity contribution in [2.75, 3.05) is 31.6 Å². The summed E-state index contributed by atoms with van der Waals surface area (Å²) in [4.78, 5) is 16.2. The number of aryl methyl sites for hydroxylation is 1. The highest BCUT2D eigenvalue weighted by Crippen LogP contribution is 2.26. The van der Waals surface area contributed by atoms with E-state index >= 15 is 0 Å². The van der Waals surface area contributed by atoms with Gasteiger partial charge >= 0.3 is 0 Å². The Hall–Kier alpha value is -0.910. The molecule has 5 heteroatoms. The van der Waals surface area contributed by atoms with Crippen molar-refractivity contribution in [1.29, 1.82) is 0 Å². The van der Waals surface area contributed by atoms with Gasteiger partial charge in [-0.15, -0.1) is 0 Å². The lowest BCUT2D eigenvalue weighted by Crippen LogP contribution is -2.55. The Morgan fingerprint density at radius 2 is 2.21 bits per heavy atom. The lowest BCUT2D eigenvalue weighted by Gasteiger charge is -2.39. The van der Waals surface area contributed by atoms with E-state index in [1.54, 1.807) is 0 Å². The Kier molecular flexibility index (Phi) is 4.60. The largest absolute Gasteiger partial charge is 0.330 e. The van der Waals surface area contributed by atoms with Crippen molar-refractivity contribution in [1.82, 2.24) is 4.90 Å². The number of piperazine rings is 1. The average Bonchev–Trinajstić information content (AvgIpc) is 2.34. The first kappa shape index (κ1) is 14.5. The molecule has 4 nitrogen and oxygen atoms in total. The van der Waals surface area contributed by atoms with Crippen molar-refractivity contribution in [3.63, 3.8) is 0 Å². The molecule has 1 aromatic carbocycles. The van der Waals surface area contributed by atoms with Crippen LogP contribution in [0.1, 0.15) is 12.0 Å². The smallest absolute Gasteiger partial charge is 0.241 e. The van der Waals surface area contributed by atoms with Crippen molar-refractivity contribution >= 4 is 27.5 Å². The van der Waals surface area contributed by atoms with Gasteiger partial charge in [-0.3, -0.25) is 9.69 Å². The predicted octanol–water partition coefficient (Wildman–Crippen LogP) is 1.75. The van der Waals surface area contributed by atoms with Crippen molar-refractivity contribution in [2.24, 2.45) is 5.73 Å². The summed E-state index contributed by atoms with van der Waals surface area (Å²) in [6.07, 6.45) is 0.913. The van der Waals surface area contributed by atoms with Crippen LogP contribution in [-0.4, -0.2) is 43.5 Å². The van der Waals surface area contributed by atoms with Crippen LogP contribution in [0.4, 0.5) is 5.69 Å². The van der Waals surface area contributed by atoms with Crippen LogP contribution in [0.2, 0.25) is 0 Å². The summed E-state index contributed by atoms with van der Waals surface area (Å²) in [5.41, 5.74) is 7.77. The van der Waals surface area contributed by atoms with Crippen LogP contribution >= 0.6 is 15.9 Å². The van der Waals surface area contributed by atoms with Gasteiger partial charge in [0, 0.05) is 22.7 Å². The molecule has 1 amide bonds. The quantitative estimate of drug-likeness (QED) is 0.921. The molecule has 2 N–H and O–H groups in total. The van der Waals surface area contributed by atoms with Gasteiger partial charge < -0.3 is 10.6 Å². The number of likely N-dealkylation sites (N-methyl/N-ethyl adjacent to an activating group) is 1. The maximum absolute atomic E-state index is 12.2. The van der Waals surface area contributed by atoms with Crippen LogP contribution in [0.25, 0.3) is 0 Å². The number of rotatable bonds is 3. The summed E-state index contributed by atoms with van der Waals surface area (Å²) in [7, 11) is 1.99. The van der Waals surface area contributed by atoms with Gasteiger partial charge in [0.1, 0.15) is 0 Å². The molecule has 0 bridgehead atoms. The Labute approximate surface area is 122 Å². The molecule has 0 aliphatic carbocycles. The summed E-state index contributed by atoms with van der Waals surface area (Å²) < 4.78 is 1.04. The minimum atomic E-state index is 0.154. The molecule has 1 saturated heterocycles. The number of hydrogen-bond donors (Lipinski definition) is 1. The van der Waals surface area contributed by atoms with Crippen molar-refractivity contribution in [2.45, 2.75) is 19.4 Å². The molecule has 0 saturated carbocycles. The van der Waals surface area contributed by atoms with E-state index in [9.17, 15) is 4.79 Å². The highest BCUT2D eigenvalue weighted by molar-refractivity contribution is 9.10. The number of benzene rings is 1. The van der Waals surface area contributed by atoms with Gasteiger partial charge in [-0.05, 0) is 50.7 Å². The van der Waals surface area contributed by atoms with E-state index < -0.39 is 0 Å². The van der Waals surface area contributed by atoms with E-state index in [4.69, 9.17) is 5.73 Å². The summed E-state index contributed by atoms with van der Waals surface area (Å²) in [6, 6.07) is 6.36. The number of halogens is 1. The number of carbonyl (C=O) groups is 1.